The number of nitrogens with one attached hydrogen (secondary N) is 1. The highest BCUT2D eigenvalue weighted by atomic mass is 35.5. The van der Waals surface area contributed by atoms with Crippen molar-refractivity contribution in [2.24, 2.45) is 0 Å². The number of fused-ring (bicyclic) bond motifs is 1. The number of methoxy groups -OCH3 is 1. The van der Waals surface area contributed by atoms with Crippen LogP contribution in [0.3, 0.4) is 0 Å². The second-order valence-electron chi connectivity index (χ2n) is 10.1. The Kier molecular flexibility index (Phi) is 6.29. The number of aryl methyl sites for hydroxylation is 1. The number of hydrogen-bond acceptors (Lipinski definition) is 7. The van der Waals surface area contributed by atoms with Gasteiger partial charge in [0, 0.05) is 37.6 Å². The molecular formula is C25H28ClF3N6O2. The van der Waals surface area contributed by atoms with Crippen molar-refractivity contribution < 1.29 is 22.6 Å². The Morgan fingerprint density at radius 1 is 1.24 bits per heavy atom. The number of piperidine rings is 1. The normalized spacial score (nSPS) is 29.6. The van der Waals surface area contributed by atoms with Crippen molar-refractivity contribution in [2.45, 2.75) is 56.0 Å². The van der Waals surface area contributed by atoms with E-state index in [-0.39, 0.29) is 35.6 Å². The molecule has 2 aliphatic heterocycles. The van der Waals surface area contributed by atoms with E-state index in [9.17, 15) is 8.78 Å². The summed E-state index contributed by atoms with van der Waals surface area (Å²) in [6.07, 6.45) is 2.39. The number of hydrogen-bond donors (Lipinski definition) is 1. The molecule has 0 amide bonds. The Morgan fingerprint density at radius 3 is 2.78 bits per heavy atom. The predicted molar refractivity (Wildman–Crippen MR) is 133 cm³/mol. The molecule has 8 nitrogen and oxygen atoms in total. The van der Waals surface area contributed by atoms with E-state index in [1.807, 2.05) is 19.1 Å². The number of anilines is 2. The first-order valence-corrected chi connectivity index (χ1v) is 12.8. The van der Waals surface area contributed by atoms with E-state index in [0.717, 1.165) is 27.7 Å². The van der Waals surface area contributed by atoms with Crippen molar-refractivity contribution in [1.29, 1.82) is 0 Å². The second-order valence-corrected chi connectivity index (χ2v) is 10.5. The standard InChI is InChI=1S/C25H28ClF3N6O2/c1-13-5-14-8-30-24(33-19-9-31-35(23(19)26)22-7-25(22,28)29)32-18(14)6-16(13)15-3-4-34(10-17(15)27)20-11-37-12-21(20)36-2/h5-6,8-9,15,17,20-22H,3-4,7,10-12H2,1-2H3,(H,30,32,33)/t15?,17?,20-,21?,22?/m1/s1. The topological polar surface area (TPSA) is 77.3 Å². The molecule has 1 N–H and O–H groups in total. The minimum atomic E-state index is -2.79. The third kappa shape index (κ3) is 4.56. The van der Waals surface area contributed by atoms with Crippen LogP contribution in [0, 0.1) is 6.92 Å². The maximum Gasteiger partial charge on any atom is 0.272 e. The molecular weight excluding hydrogens is 509 g/mol. The zero-order chi connectivity index (χ0) is 25.9. The van der Waals surface area contributed by atoms with Gasteiger partial charge in [-0.05, 0) is 43.1 Å². The fraction of sp³-hybridized carbons (Fsp3) is 0.560. The summed E-state index contributed by atoms with van der Waals surface area (Å²) in [5, 5.41) is 7.87. The van der Waals surface area contributed by atoms with Crippen LogP contribution in [0.5, 0.6) is 0 Å². The average Bonchev–Trinajstić information content (AvgIpc) is 3.19. The average molecular weight is 537 g/mol. The van der Waals surface area contributed by atoms with Gasteiger partial charge in [0.05, 0.1) is 42.8 Å². The lowest BCUT2D eigenvalue weighted by Crippen LogP contribution is -2.51. The highest BCUT2D eigenvalue weighted by molar-refractivity contribution is 6.32. The lowest BCUT2D eigenvalue weighted by molar-refractivity contribution is 0.0132. The molecule has 4 heterocycles. The van der Waals surface area contributed by atoms with Gasteiger partial charge in [0.15, 0.2) is 5.15 Å². The maximum absolute atomic E-state index is 15.5. The third-order valence-electron chi connectivity index (χ3n) is 7.78. The van der Waals surface area contributed by atoms with Crippen LogP contribution in [0.4, 0.5) is 24.8 Å². The van der Waals surface area contributed by atoms with Gasteiger partial charge in [0.2, 0.25) is 5.95 Å². The van der Waals surface area contributed by atoms with Crippen molar-refractivity contribution >= 4 is 34.1 Å². The van der Waals surface area contributed by atoms with Crippen molar-refractivity contribution in [1.82, 2.24) is 24.6 Å². The van der Waals surface area contributed by atoms with E-state index in [4.69, 9.17) is 21.1 Å². The van der Waals surface area contributed by atoms with Crippen molar-refractivity contribution in [3.63, 3.8) is 0 Å². The zero-order valence-corrected chi connectivity index (χ0v) is 21.3. The zero-order valence-electron chi connectivity index (χ0n) is 20.5. The van der Waals surface area contributed by atoms with Crippen molar-refractivity contribution in [3.8, 4) is 0 Å². The van der Waals surface area contributed by atoms with Crippen molar-refractivity contribution in [2.75, 3.05) is 38.7 Å². The summed E-state index contributed by atoms with van der Waals surface area (Å²) in [5.41, 5.74) is 2.93. The third-order valence-corrected chi connectivity index (χ3v) is 8.16. The van der Waals surface area contributed by atoms with Crippen LogP contribution in [0.1, 0.15) is 35.9 Å². The predicted octanol–water partition coefficient (Wildman–Crippen LogP) is 4.65. The molecule has 0 spiro atoms. The molecule has 2 saturated heterocycles. The van der Waals surface area contributed by atoms with Crippen LogP contribution in [0.25, 0.3) is 10.9 Å². The molecule has 3 aromatic rings. The summed E-state index contributed by atoms with van der Waals surface area (Å²) in [4.78, 5) is 11.1. The van der Waals surface area contributed by atoms with Gasteiger partial charge >= 0.3 is 0 Å². The van der Waals surface area contributed by atoms with Crippen LogP contribution in [0.15, 0.2) is 24.5 Å². The van der Waals surface area contributed by atoms with Crippen LogP contribution in [-0.4, -0.2) is 82.3 Å². The lowest BCUT2D eigenvalue weighted by Gasteiger charge is -2.39. The molecule has 12 heteroatoms. The first-order chi connectivity index (χ1) is 17.7. The van der Waals surface area contributed by atoms with Crippen LogP contribution >= 0.6 is 11.6 Å². The van der Waals surface area contributed by atoms with E-state index in [0.29, 0.717) is 37.4 Å². The van der Waals surface area contributed by atoms with E-state index in [2.05, 4.69) is 25.3 Å². The van der Waals surface area contributed by atoms with E-state index < -0.39 is 18.1 Å². The minimum absolute atomic E-state index is 0.0323. The first kappa shape index (κ1) is 24.8. The highest BCUT2D eigenvalue weighted by Gasteiger charge is 2.59. The van der Waals surface area contributed by atoms with Gasteiger partial charge in [-0.2, -0.15) is 5.10 Å². The van der Waals surface area contributed by atoms with Gasteiger partial charge in [-0.25, -0.2) is 27.8 Å². The maximum atomic E-state index is 15.5. The molecule has 1 aromatic carbocycles. The number of nitrogens with zero attached hydrogens (tertiary/aromatic N) is 5. The Morgan fingerprint density at radius 2 is 2.05 bits per heavy atom. The molecule has 6 rings (SSSR count). The molecule has 3 aliphatic rings. The van der Waals surface area contributed by atoms with Crippen LogP contribution < -0.4 is 5.32 Å². The molecule has 3 fully saturated rings. The Hall–Kier alpha value is -2.47. The quantitative estimate of drug-likeness (QED) is 0.491. The largest absolute Gasteiger partial charge is 0.377 e. The summed E-state index contributed by atoms with van der Waals surface area (Å²) >= 11 is 6.28. The fourth-order valence-electron chi connectivity index (χ4n) is 5.57. The van der Waals surface area contributed by atoms with Gasteiger partial charge in [-0.3, -0.25) is 4.90 Å². The van der Waals surface area contributed by atoms with E-state index in [1.54, 1.807) is 13.3 Å². The molecule has 1 saturated carbocycles. The van der Waals surface area contributed by atoms with Gasteiger partial charge in [-0.15, -0.1) is 0 Å². The number of ether oxygens (including phenoxy) is 2. The lowest BCUT2D eigenvalue weighted by atomic mass is 9.84. The molecule has 0 bridgehead atoms. The van der Waals surface area contributed by atoms with Crippen LogP contribution in [0.2, 0.25) is 5.15 Å². The first-order valence-electron chi connectivity index (χ1n) is 12.4. The number of halogens is 4. The van der Waals surface area contributed by atoms with E-state index >= 15 is 4.39 Å². The minimum Gasteiger partial charge on any atom is -0.377 e. The summed E-state index contributed by atoms with van der Waals surface area (Å²) in [7, 11) is 1.67. The summed E-state index contributed by atoms with van der Waals surface area (Å²) < 4.78 is 54.6. The highest BCUT2D eigenvalue weighted by Crippen LogP contribution is 2.53. The number of likely N-dealkylation sites (tertiary alicyclic amines) is 1. The molecule has 1 aliphatic carbocycles. The summed E-state index contributed by atoms with van der Waals surface area (Å²) in [6, 6.07) is 2.95. The van der Waals surface area contributed by atoms with Crippen LogP contribution in [-0.2, 0) is 9.47 Å². The second kappa shape index (κ2) is 9.37. The Bertz CT molecular complexity index is 1320. The SMILES string of the molecule is COC1COC[C@H]1N1CCC(c2cc3nc(Nc4cnn(C5CC5(F)F)c4Cl)ncc3cc2C)C(F)C1. The number of benzene rings is 1. The van der Waals surface area contributed by atoms with Gasteiger partial charge in [0.25, 0.3) is 5.92 Å². The molecule has 5 atom stereocenters. The van der Waals surface area contributed by atoms with Gasteiger partial charge in [0.1, 0.15) is 12.2 Å². The number of rotatable bonds is 6. The Labute approximate surface area is 217 Å². The monoisotopic (exact) mass is 536 g/mol. The number of aromatic nitrogens is 4. The van der Waals surface area contributed by atoms with Crippen molar-refractivity contribution in [3.05, 3.63) is 40.8 Å². The smallest absolute Gasteiger partial charge is 0.272 e. The summed E-state index contributed by atoms with van der Waals surface area (Å²) in [6.45, 7) is 4.17. The molecule has 0 radical (unpaired) electrons. The van der Waals surface area contributed by atoms with Gasteiger partial charge in [-0.1, -0.05) is 11.6 Å². The number of alkyl halides is 3. The molecule has 2 aromatic heterocycles. The van der Waals surface area contributed by atoms with E-state index in [1.165, 1.54) is 6.20 Å². The molecule has 198 valence electrons. The fourth-order valence-corrected chi connectivity index (χ4v) is 5.83. The summed E-state index contributed by atoms with van der Waals surface area (Å²) in [5.74, 6) is -2.78. The Balaban J connectivity index is 1.21. The van der Waals surface area contributed by atoms with Gasteiger partial charge < -0.3 is 14.8 Å². The molecule has 4 unspecified atom stereocenters. The molecule has 37 heavy (non-hydrogen) atoms.